The molecule has 25 heavy (non-hydrogen) atoms. The van der Waals surface area contributed by atoms with E-state index in [4.69, 9.17) is 4.74 Å². The van der Waals surface area contributed by atoms with Crippen LogP contribution in [0.2, 0.25) is 0 Å². The monoisotopic (exact) mass is 368 g/mol. The van der Waals surface area contributed by atoms with Crippen LogP contribution in [0.25, 0.3) is 0 Å². The summed E-state index contributed by atoms with van der Waals surface area (Å²) in [7, 11) is -3.59. The number of amides is 1. The fraction of sp³-hybridized carbons (Fsp3) is 0.611. The smallest absolute Gasteiger partial charge is 0.251 e. The van der Waals surface area contributed by atoms with Gasteiger partial charge in [-0.15, -0.1) is 0 Å². The van der Waals surface area contributed by atoms with E-state index in [1.54, 1.807) is 12.1 Å². The third-order valence-electron chi connectivity index (χ3n) is 4.09. The molecule has 0 saturated carbocycles. The highest BCUT2D eigenvalue weighted by atomic mass is 32.2. The van der Waals surface area contributed by atoms with Crippen molar-refractivity contribution in [3.05, 3.63) is 29.8 Å². The van der Waals surface area contributed by atoms with Crippen LogP contribution in [0.5, 0.6) is 0 Å². The quantitative estimate of drug-likeness (QED) is 0.782. The molecule has 1 heterocycles. The predicted octanol–water partition coefficient (Wildman–Crippen LogP) is 2.26. The molecule has 1 aromatic rings. The van der Waals surface area contributed by atoms with E-state index in [9.17, 15) is 13.2 Å². The Bertz CT molecular complexity index is 689. The van der Waals surface area contributed by atoms with Gasteiger partial charge in [0.25, 0.3) is 5.91 Å². The van der Waals surface area contributed by atoms with E-state index in [1.807, 2.05) is 0 Å². The Hall–Kier alpha value is -1.44. The lowest BCUT2D eigenvalue weighted by molar-refractivity contribution is 0.0730. The fourth-order valence-corrected chi connectivity index (χ4v) is 4.11. The lowest BCUT2D eigenvalue weighted by Gasteiger charge is -2.26. The maximum absolute atomic E-state index is 12.7. The molecule has 2 rings (SSSR count). The molecular formula is C18H28N2O4S. The molecule has 0 aliphatic carbocycles. The van der Waals surface area contributed by atoms with Gasteiger partial charge in [-0.2, -0.15) is 4.31 Å². The maximum Gasteiger partial charge on any atom is 0.251 e. The third kappa shape index (κ3) is 5.80. The summed E-state index contributed by atoms with van der Waals surface area (Å²) in [6, 6.07) is 6.22. The number of carbonyl (C=O) groups excluding carboxylic acids is 1. The molecule has 1 aromatic carbocycles. The van der Waals surface area contributed by atoms with Crippen LogP contribution in [0.15, 0.2) is 29.2 Å². The molecule has 0 spiro atoms. The SMILES string of the molecule is CC(C)(C)CCCNC(=O)c1cccc(S(=O)(=O)N2CCOCC2)c1. The molecule has 0 aromatic heterocycles. The van der Waals surface area contributed by atoms with E-state index in [0.717, 1.165) is 12.8 Å². The summed E-state index contributed by atoms with van der Waals surface area (Å²) in [4.78, 5) is 12.4. The molecule has 0 unspecified atom stereocenters. The number of sulfonamides is 1. The molecule has 1 fully saturated rings. The summed E-state index contributed by atoms with van der Waals surface area (Å²) in [6.07, 6.45) is 1.90. The Kier molecular flexibility index (Phi) is 6.59. The molecule has 140 valence electrons. The van der Waals surface area contributed by atoms with Crippen LogP contribution in [0.1, 0.15) is 44.0 Å². The zero-order valence-corrected chi connectivity index (χ0v) is 16.1. The zero-order chi connectivity index (χ0) is 18.5. The van der Waals surface area contributed by atoms with Crippen molar-refractivity contribution >= 4 is 15.9 Å². The van der Waals surface area contributed by atoms with Crippen LogP contribution < -0.4 is 5.32 Å². The van der Waals surface area contributed by atoms with Crippen molar-refractivity contribution in [2.75, 3.05) is 32.8 Å². The lowest BCUT2D eigenvalue weighted by atomic mass is 9.91. The first-order valence-corrected chi connectivity index (χ1v) is 10.1. The van der Waals surface area contributed by atoms with Gasteiger partial charge in [0.05, 0.1) is 18.1 Å². The van der Waals surface area contributed by atoms with Gasteiger partial charge < -0.3 is 10.1 Å². The number of nitrogens with zero attached hydrogens (tertiary/aromatic N) is 1. The second-order valence-corrected chi connectivity index (χ2v) is 9.40. The first kappa shape index (κ1) is 19.9. The third-order valence-corrected chi connectivity index (χ3v) is 5.99. The number of rotatable bonds is 6. The van der Waals surface area contributed by atoms with Crippen molar-refractivity contribution in [2.24, 2.45) is 5.41 Å². The van der Waals surface area contributed by atoms with Crippen molar-refractivity contribution in [3.8, 4) is 0 Å². The Balaban J connectivity index is 2.01. The van der Waals surface area contributed by atoms with E-state index in [1.165, 1.54) is 16.4 Å². The number of hydrogen-bond acceptors (Lipinski definition) is 4. The normalized spacial score (nSPS) is 16.6. The Labute approximate surface area is 150 Å². The van der Waals surface area contributed by atoms with Crippen LogP contribution in [0, 0.1) is 5.41 Å². The summed E-state index contributed by atoms with van der Waals surface area (Å²) in [6.45, 7) is 8.53. The summed E-state index contributed by atoms with van der Waals surface area (Å²) in [5.74, 6) is -0.243. The van der Waals surface area contributed by atoms with Gasteiger partial charge in [0, 0.05) is 25.2 Å². The Morgan fingerprint density at radius 1 is 1.24 bits per heavy atom. The molecule has 1 N–H and O–H groups in total. The molecule has 1 aliphatic heterocycles. The number of ether oxygens (including phenoxy) is 1. The van der Waals surface area contributed by atoms with E-state index in [2.05, 4.69) is 26.1 Å². The van der Waals surface area contributed by atoms with Crippen molar-refractivity contribution in [1.82, 2.24) is 9.62 Å². The highest BCUT2D eigenvalue weighted by Crippen LogP contribution is 2.20. The first-order valence-electron chi connectivity index (χ1n) is 8.66. The molecule has 1 aliphatic rings. The molecule has 0 atom stereocenters. The summed E-state index contributed by atoms with van der Waals surface area (Å²) >= 11 is 0. The van der Waals surface area contributed by atoms with Gasteiger partial charge in [-0.3, -0.25) is 4.79 Å². The molecule has 0 radical (unpaired) electrons. The highest BCUT2D eigenvalue weighted by Gasteiger charge is 2.26. The van der Waals surface area contributed by atoms with E-state index < -0.39 is 10.0 Å². The minimum atomic E-state index is -3.59. The van der Waals surface area contributed by atoms with Gasteiger partial charge in [-0.05, 0) is 36.5 Å². The minimum Gasteiger partial charge on any atom is -0.379 e. The number of benzene rings is 1. The average molecular weight is 368 g/mol. The van der Waals surface area contributed by atoms with Gasteiger partial charge in [-0.25, -0.2) is 8.42 Å². The van der Waals surface area contributed by atoms with Crippen LogP contribution in [0.3, 0.4) is 0 Å². The molecule has 1 saturated heterocycles. The first-order chi connectivity index (χ1) is 11.7. The predicted molar refractivity (Wildman–Crippen MR) is 97.0 cm³/mol. The molecule has 6 nitrogen and oxygen atoms in total. The van der Waals surface area contributed by atoms with E-state index in [0.29, 0.717) is 38.4 Å². The van der Waals surface area contributed by atoms with E-state index >= 15 is 0 Å². The van der Waals surface area contributed by atoms with Gasteiger partial charge >= 0.3 is 0 Å². The van der Waals surface area contributed by atoms with Crippen molar-refractivity contribution in [1.29, 1.82) is 0 Å². The van der Waals surface area contributed by atoms with Crippen molar-refractivity contribution < 1.29 is 17.9 Å². The van der Waals surface area contributed by atoms with E-state index in [-0.39, 0.29) is 16.2 Å². The van der Waals surface area contributed by atoms with Gasteiger partial charge in [0.1, 0.15) is 0 Å². The lowest BCUT2D eigenvalue weighted by Crippen LogP contribution is -2.40. The fourth-order valence-electron chi connectivity index (χ4n) is 2.66. The summed E-state index contributed by atoms with van der Waals surface area (Å²) < 4.78 is 31.9. The second kappa shape index (κ2) is 8.29. The van der Waals surface area contributed by atoms with Crippen LogP contribution in [-0.2, 0) is 14.8 Å². The van der Waals surface area contributed by atoms with Crippen molar-refractivity contribution in [2.45, 2.75) is 38.5 Å². The Morgan fingerprint density at radius 2 is 1.92 bits per heavy atom. The molecule has 1 amide bonds. The second-order valence-electron chi connectivity index (χ2n) is 7.46. The number of carbonyl (C=O) groups is 1. The molecular weight excluding hydrogens is 340 g/mol. The molecule has 0 bridgehead atoms. The van der Waals surface area contributed by atoms with Gasteiger partial charge in [-0.1, -0.05) is 26.8 Å². The molecule has 7 heteroatoms. The minimum absolute atomic E-state index is 0.150. The maximum atomic E-state index is 12.7. The van der Waals surface area contributed by atoms with Crippen molar-refractivity contribution in [3.63, 3.8) is 0 Å². The highest BCUT2D eigenvalue weighted by molar-refractivity contribution is 7.89. The summed E-state index contributed by atoms with van der Waals surface area (Å²) in [5.41, 5.74) is 0.599. The van der Waals surface area contributed by atoms with Gasteiger partial charge in [0.15, 0.2) is 0 Å². The number of hydrogen-bond donors (Lipinski definition) is 1. The number of morpholine rings is 1. The zero-order valence-electron chi connectivity index (χ0n) is 15.2. The Morgan fingerprint density at radius 3 is 2.56 bits per heavy atom. The average Bonchev–Trinajstić information content (AvgIpc) is 2.58. The topological polar surface area (TPSA) is 75.7 Å². The number of nitrogens with one attached hydrogen (secondary N) is 1. The van der Waals surface area contributed by atoms with Gasteiger partial charge in [0.2, 0.25) is 10.0 Å². The standard InChI is InChI=1S/C18H28N2O4S/c1-18(2,3)8-5-9-19-17(21)15-6-4-7-16(14-15)25(22,23)20-10-12-24-13-11-20/h4,6-7,14H,5,8-13H2,1-3H3,(H,19,21). The summed E-state index contributed by atoms with van der Waals surface area (Å²) in [5, 5.41) is 2.86. The largest absolute Gasteiger partial charge is 0.379 e. The van der Waals surface area contributed by atoms with Crippen LogP contribution in [-0.4, -0.2) is 51.5 Å². The van der Waals surface area contributed by atoms with Crippen LogP contribution >= 0.6 is 0 Å². The van der Waals surface area contributed by atoms with Crippen LogP contribution in [0.4, 0.5) is 0 Å².